The van der Waals surface area contributed by atoms with Crippen molar-refractivity contribution in [2.24, 2.45) is 0 Å². The molecule has 0 aromatic heterocycles. The Morgan fingerprint density at radius 1 is 1.47 bits per heavy atom. The van der Waals surface area contributed by atoms with Crippen molar-refractivity contribution in [3.8, 4) is 0 Å². The Morgan fingerprint density at radius 2 is 2.18 bits per heavy atom. The zero-order valence-electron chi connectivity index (χ0n) is 11.0. The lowest BCUT2D eigenvalue weighted by Gasteiger charge is -2.29. The van der Waals surface area contributed by atoms with Gasteiger partial charge in [0.1, 0.15) is 0 Å². The van der Waals surface area contributed by atoms with E-state index in [1.165, 1.54) is 5.56 Å². The maximum atomic E-state index is 6.29. The molecule has 3 nitrogen and oxygen atoms in total. The van der Waals surface area contributed by atoms with Gasteiger partial charge in [-0.25, -0.2) is 0 Å². The van der Waals surface area contributed by atoms with Gasteiger partial charge in [-0.05, 0) is 25.6 Å². The van der Waals surface area contributed by atoms with Crippen LogP contribution in [0.15, 0.2) is 18.2 Å². The van der Waals surface area contributed by atoms with Crippen LogP contribution < -0.4 is 10.2 Å². The minimum atomic E-state index is 0.288. The van der Waals surface area contributed by atoms with Gasteiger partial charge in [0.2, 0.25) is 0 Å². The van der Waals surface area contributed by atoms with Crippen LogP contribution in [0.1, 0.15) is 12.5 Å². The van der Waals surface area contributed by atoms with E-state index in [-0.39, 0.29) is 6.04 Å². The second-order valence-electron chi connectivity index (χ2n) is 4.19. The van der Waals surface area contributed by atoms with Gasteiger partial charge >= 0.3 is 0 Å². The second-order valence-corrected chi connectivity index (χ2v) is 4.60. The number of para-hydroxylation sites is 1. The van der Waals surface area contributed by atoms with E-state index in [2.05, 4.69) is 23.2 Å². The molecule has 1 unspecified atom stereocenters. The number of benzene rings is 1. The van der Waals surface area contributed by atoms with Gasteiger partial charge in [-0.15, -0.1) is 0 Å². The van der Waals surface area contributed by atoms with Crippen molar-refractivity contribution in [3.05, 3.63) is 28.8 Å². The number of nitrogens with zero attached hydrogens (tertiary/aromatic N) is 1. The minimum absolute atomic E-state index is 0.288. The number of hydrogen-bond acceptors (Lipinski definition) is 3. The van der Waals surface area contributed by atoms with Crippen LogP contribution >= 0.6 is 11.6 Å². The lowest BCUT2D eigenvalue weighted by Crippen LogP contribution is -2.33. The fourth-order valence-corrected chi connectivity index (χ4v) is 2.19. The molecular formula is C13H21ClN2O. The third-order valence-electron chi connectivity index (χ3n) is 2.86. The Morgan fingerprint density at radius 3 is 2.76 bits per heavy atom. The molecule has 1 aromatic carbocycles. The van der Waals surface area contributed by atoms with Gasteiger partial charge in [0.15, 0.2) is 0 Å². The standard InChI is InChI=1S/C13H21ClN2O/c1-10(9-17-4)16(3)13-11(8-15-2)6-5-7-12(13)14/h5-7,10,15H,8-9H2,1-4H3. The quantitative estimate of drug-likeness (QED) is 0.847. The van der Waals surface area contributed by atoms with E-state index < -0.39 is 0 Å². The summed E-state index contributed by atoms with van der Waals surface area (Å²) < 4.78 is 5.19. The van der Waals surface area contributed by atoms with Crippen LogP contribution in [-0.2, 0) is 11.3 Å². The first-order chi connectivity index (χ1) is 8.11. The van der Waals surface area contributed by atoms with Crippen LogP contribution in [0.5, 0.6) is 0 Å². The van der Waals surface area contributed by atoms with E-state index in [1.807, 2.05) is 26.2 Å². The molecule has 0 aliphatic rings. The molecule has 1 aromatic rings. The minimum Gasteiger partial charge on any atom is -0.383 e. The molecule has 0 aliphatic carbocycles. The normalized spacial score (nSPS) is 12.5. The number of hydrogen-bond donors (Lipinski definition) is 1. The first kappa shape index (κ1) is 14.3. The summed E-state index contributed by atoms with van der Waals surface area (Å²) in [6.07, 6.45) is 0. The monoisotopic (exact) mass is 256 g/mol. The van der Waals surface area contributed by atoms with E-state index in [4.69, 9.17) is 16.3 Å². The summed E-state index contributed by atoms with van der Waals surface area (Å²) in [5, 5.41) is 3.94. The second kappa shape index (κ2) is 6.84. The summed E-state index contributed by atoms with van der Waals surface area (Å²) in [5.74, 6) is 0. The van der Waals surface area contributed by atoms with Gasteiger partial charge in [-0.2, -0.15) is 0 Å². The highest BCUT2D eigenvalue weighted by Crippen LogP contribution is 2.30. The third-order valence-corrected chi connectivity index (χ3v) is 3.16. The molecule has 0 saturated heterocycles. The highest BCUT2D eigenvalue weighted by atomic mass is 35.5. The van der Waals surface area contributed by atoms with Crippen LogP contribution in [-0.4, -0.2) is 33.9 Å². The maximum Gasteiger partial charge on any atom is 0.0663 e. The number of ether oxygens (including phenoxy) is 1. The molecule has 0 amide bonds. The summed E-state index contributed by atoms with van der Waals surface area (Å²) in [6.45, 7) is 3.61. The van der Waals surface area contributed by atoms with Crippen LogP contribution in [0.2, 0.25) is 5.02 Å². The van der Waals surface area contributed by atoms with Crippen LogP contribution in [0.4, 0.5) is 5.69 Å². The van der Waals surface area contributed by atoms with Crippen molar-refractivity contribution in [2.75, 3.05) is 32.7 Å². The summed E-state index contributed by atoms with van der Waals surface area (Å²) in [7, 11) is 5.69. The Kier molecular flexibility index (Phi) is 5.75. The molecule has 0 heterocycles. The number of rotatable bonds is 6. The van der Waals surface area contributed by atoms with Crippen LogP contribution in [0, 0.1) is 0 Å². The summed E-state index contributed by atoms with van der Waals surface area (Å²) in [4.78, 5) is 2.17. The van der Waals surface area contributed by atoms with Crippen LogP contribution in [0.3, 0.4) is 0 Å². The Hall–Kier alpha value is -0.770. The molecule has 1 N–H and O–H groups in total. The maximum absolute atomic E-state index is 6.29. The van der Waals surface area contributed by atoms with Crippen LogP contribution in [0.25, 0.3) is 0 Å². The molecule has 0 saturated carbocycles. The fraction of sp³-hybridized carbons (Fsp3) is 0.538. The molecule has 1 atom stereocenters. The van der Waals surface area contributed by atoms with Gasteiger partial charge in [0.25, 0.3) is 0 Å². The van der Waals surface area contributed by atoms with Crippen molar-refractivity contribution < 1.29 is 4.74 Å². The average Bonchev–Trinajstić information content (AvgIpc) is 2.29. The van der Waals surface area contributed by atoms with Crippen molar-refractivity contribution in [1.29, 1.82) is 0 Å². The molecule has 17 heavy (non-hydrogen) atoms. The summed E-state index contributed by atoms with van der Waals surface area (Å²) in [5.41, 5.74) is 2.28. The molecule has 0 fully saturated rings. The number of likely N-dealkylation sites (N-methyl/N-ethyl adjacent to an activating group) is 1. The Balaban J connectivity index is 3.01. The van der Waals surface area contributed by atoms with Gasteiger partial charge < -0.3 is 15.0 Å². The largest absolute Gasteiger partial charge is 0.383 e. The van der Waals surface area contributed by atoms with Gasteiger partial charge in [0.05, 0.1) is 17.3 Å². The first-order valence-electron chi connectivity index (χ1n) is 5.75. The van der Waals surface area contributed by atoms with Crippen molar-refractivity contribution in [1.82, 2.24) is 5.32 Å². The lowest BCUT2D eigenvalue weighted by atomic mass is 10.1. The average molecular weight is 257 g/mol. The number of methoxy groups -OCH3 is 1. The first-order valence-corrected chi connectivity index (χ1v) is 6.13. The summed E-state index contributed by atoms with van der Waals surface area (Å²) in [6, 6.07) is 6.28. The number of halogens is 1. The van der Waals surface area contributed by atoms with E-state index in [9.17, 15) is 0 Å². The highest BCUT2D eigenvalue weighted by Gasteiger charge is 2.16. The van der Waals surface area contributed by atoms with Gasteiger partial charge in [-0.1, -0.05) is 23.7 Å². The molecule has 0 aliphatic heterocycles. The zero-order valence-corrected chi connectivity index (χ0v) is 11.7. The SMILES string of the molecule is CNCc1cccc(Cl)c1N(C)C(C)COC. The molecule has 0 spiro atoms. The van der Waals surface area contributed by atoms with Crippen molar-refractivity contribution in [2.45, 2.75) is 19.5 Å². The molecular weight excluding hydrogens is 236 g/mol. The van der Waals surface area contributed by atoms with E-state index in [1.54, 1.807) is 7.11 Å². The molecule has 96 valence electrons. The smallest absolute Gasteiger partial charge is 0.0663 e. The molecule has 0 bridgehead atoms. The molecule has 1 rings (SSSR count). The van der Waals surface area contributed by atoms with Crippen molar-refractivity contribution in [3.63, 3.8) is 0 Å². The zero-order chi connectivity index (χ0) is 12.8. The topological polar surface area (TPSA) is 24.5 Å². The molecule has 4 heteroatoms. The highest BCUT2D eigenvalue weighted by molar-refractivity contribution is 6.33. The van der Waals surface area contributed by atoms with E-state index >= 15 is 0 Å². The van der Waals surface area contributed by atoms with Gasteiger partial charge in [-0.3, -0.25) is 0 Å². The predicted octanol–water partition coefficient (Wildman–Crippen LogP) is 2.53. The van der Waals surface area contributed by atoms with E-state index in [0.29, 0.717) is 6.61 Å². The third kappa shape index (κ3) is 3.60. The van der Waals surface area contributed by atoms with Gasteiger partial charge in [0, 0.05) is 26.7 Å². The predicted molar refractivity (Wildman–Crippen MR) is 74.0 cm³/mol. The fourth-order valence-electron chi connectivity index (χ4n) is 1.86. The number of anilines is 1. The number of nitrogens with one attached hydrogen (secondary N) is 1. The Labute approximate surface area is 109 Å². The molecule has 0 radical (unpaired) electrons. The summed E-state index contributed by atoms with van der Waals surface area (Å²) >= 11 is 6.29. The lowest BCUT2D eigenvalue weighted by molar-refractivity contribution is 0.183. The van der Waals surface area contributed by atoms with Crippen molar-refractivity contribution >= 4 is 17.3 Å². The Bertz CT molecular complexity index is 357. The van der Waals surface area contributed by atoms with E-state index in [0.717, 1.165) is 17.3 Å².